The second-order valence-corrected chi connectivity index (χ2v) is 4.43. The predicted molar refractivity (Wildman–Crippen MR) is 82.4 cm³/mol. The van der Waals surface area contributed by atoms with Gasteiger partial charge in [0.05, 0.1) is 12.1 Å². The summed E-state index contributed by atoms with van der Waals surface area (Å²) in [6.45, 7) is 0.673. The van der Waals surface area contributed by atoms with Gasteiger partial charge in [-0.05, 0) is 30.3 Å². The van der Waals surface area contributed by atoms with Crippen molar-refractivity contribution in [2.45, 2.75) is 0 Å². The zero-order valence-corrected chi connectivity index (χ0v) is 11.8. The van der Waals surface area contributed by atoms with Crippen LogP contribution in [0.3, 0.4) is 0 Å². The normalized spacial score (nSPS) is 9.82. The highest BCUT2D eigenvalue weighted by molar-refractivity contribution is 5.93. The van der Waals surface area contributed by atoms with E-state index in [0.29, 0.717) is 18.8 Å². The molecule has 0 fully saturated rings. The van der Waals surface area contributed by atoms with Crippen LogP contribution in [0.15, 0.2) is 54.6 Å². The number of ether oxygens (including phenoxy) is 1. The topological polar surface area (TPSA) is 87.7 Å². The van der Waals surface area contributed by atoms with E-state index in [-0.39, 0.29) is 5.56 Å². The van der Waals surface area contributed by atoms with E-state index in [1.807, 2.05) is 30.3 Å². The van der Waals surface area contributed by atoms with Crippen LogP contribution in [-0.2, 0) is 0 Å². The summed E-state index contributed by atoms with van der Waals surface area (Å²) >= 11 is 0. The van der Waals surface area contributed by atoms with Crippen molar-refractivity contribution in [1.82, 2.24) is 5.32 Å². The Hall–Kier alpha value is -3.02. The van der Waals surface area contributed by atoms with Gasteiger partial charge in [-0.3, -0.25) is 0 Å². The Morgan fingerprint density at radius 1 is 1.05 bits per heavy atom. The van der Waals surface area contributed by atoms with Crippen LogP contribution in [0.25, 0.3) is 0 Å². The minimum atomic E-state index is -1.04. The highest BCUT2D eigenvalue weighted by atomic mass is 16.5. The average Bonchev–Trinajstić information content (AvgIpc) is 2.53. The number of carboxylic acid groups (broad SMARTS) is 1. The maximum atomic E-state index is 11.7. The second-order valence-electron chi connectivity index (χ2n) is 4.43. The number of urea groups is 1. The molecule has 0 spiro atoms. The number of hydrogen-bond donors (Lipinski definition) is 3. The van der Waals surface area contributed by atoms with Crippen molar-refractivity contribution >= 4 is 17.7 Å². The Balaban J connectivity index is 1.74. The molecule has 0 unspecified atom stereocenters. The zero-order chi connectivity index (χ0) is 15.8. The summed E-state index contributed by atoms with van der Waals surface area (Å²) in [4.78, 5) is 22.5. The third-order valence-electron chi connectivity index (χ3n) is 2.77. The van der Waals surface area contributed by atoms with E-state index in [1.165, 1.54) is 12.1 Å². The number of carbonyl (C=O) groups is 2. The first-order valence-corrected chi connectivity index (χ1v) is 6.71. The molecule has 0 aromatic heterocycles. The van der Waals surface area contributed by atoms with Gasteiger partial charge in [0.1, 0.15) is 12.4 Å². The molecule has 6 heteroatoms. The third-order valence-corrected chi connectivity index (χ3v) is 2.77. The van der Waals surface area contributed by atoms with E-state index in [4.69, 9.17) is 9.84 Å². The molecular weight excluding hydrogens is 284 g/mol. The van der Waals surface area contributed by atoms with Crippen molar-refractivity contribution in [1.29, 1.82) is 0 Å². The van der Waals surface area contributed by atoms with E-state index >= 15 is 0 Å². The lowest BCUT2D eigenvalue weighted by Crippen LogP contribution is -2.32. The number of anilines is 1. The van der Waals surface area contributed by atoms with Gasteiger partial charge >= 0.3 is 12.0 Å². The molecule has 0 aliphatic rings. The minimum absolute atomic E-state index is 0.116. The van der Waals surface area contributed by atoms with Gasteiger partial charge in [-0.25, -0.2) is 9.59 Å². The summed E-state index contributed by atoms with van der Waals surface area (Å²) in [7, 11) is 0. The SMILES string of the molecule is O=C(NCCOc1ccccc1)Nc1cccc(C(=O)O)c1. The zero-order valence-electron chi connectivity index (χ0n) is 11.8. The van der Waals surface area contributed by atoms with Crippen molar-refractivity contribution in [3.63, 3.8) is 0 Å². The van der Waals surface area contributed by atoms with E-state index < -0.39 is 12.0 Å². The van der Waals surface area contributed by atoms with E-state index in [0.717, 1.165) is 5.75 Å². The number of carboxylic acids is 1. The lowest BCUT2D eigenvalue weighted by molar-refractivity contribution is 0.0697. The molecule has 0 radical (unpaired) electrons. The molecule has 22 heavy (non-hydrogen) atoms. The van der Waals surface area contributed by atoms with Crippen molar-refractivity contribution < 1.29 is 19.4 Å². The van der Waals surface area contributed by atoms with Gasteiger partial charge < -0.3 is 20.5 Å². The molecule has 2 amide bonds. The summed E-state index contributed by atoms with van der Waals surface area (Å²) in [6.07, 6.45) is 0. The predicted octanol–water partition coefficient (Wildman–Crippen LogP) is 2.59. The van der Waals surface area contributed by atoms with Crippen molar-refractivity contribution in [3.05, 3.63) is 60.2 Å². The largest absolute Gasteiger partial charge is 0.492 e. The van der Waals surface area contributed by atoms with Crippen LogP contribution >= 0.6 is 0 Å². The van der Waals surface area contributed by atoms with Gasteiger partial charge in [0, 0.05) is 5.69 Å². The number of amides is 2. The van der Waals surface area contributed by atoms with Gasteiger partial charge in [-0.15, -0.1) is 0 Å². The van der Waals surface area contributed by atoms with Crippen LogP contribution < -0.4 is 15.4 Å². The van der Waals surface area contributed by atoms with Crippen molar-refractivity contribution in [2.24, 2.45) is 0 Å². The van der Waals surface area contributed by atoms with Gasteiger partial charge in [0.2, 0.25) is 0 Å². The summed E-state index contributed by atoms with van der Waals surface area (Å²) in [5, 5.41) is 14.1. The Morgan fingerprint density at radius 3 is 2.55 bits per heavy atom. The van der Waals surface area contributed by atoms with Crippen LogP contribution in [0.5, 0.6) is 5.75 Å². The molecule has 3 N–H and O–H groups in total. The third kappa shape index (κ3) is 4.82. The molecule has 0 bridgehead atoms. The van der Waals surface area contributed by atoms with Crippen LogP contribution in [0.4, 0.5) is 10.5 Å². The Morgan fingerprint density at radius 2 is 1.82 bits per heavy atom. The highest BCUT2D eigenvalue weighted by Crippen LogP contribution is 2.10. The molecule has 2 rings (SSSR count). The van der Waals surface area contributed by atoms with E-state index in [2.05, 4.69) is 10.6 Å². The fourth-order valence-electron chi connectivity index (χ4n) is 1.76. The molecular formula is C16H16N2O4. The van der Waals surface area contributed by atoms with Gasteiger partial charge in [0.15, 0.2) is 0 Å². The van der Waals surface area contributed by atoms with Crippen molar-refractivity contribution in [2.75, 3.05) is 18.5 Å². The number of aromatic carboxylic acids is 1. The first kappa shape index (κ1) is 15.4. The molecule has 6 nitrogen and oxygen atoms in total. The number of hydrogen-bond acceptors (Lipinski definition) is 3. The van der Waals surface area contributed by atoms with Crippen LogP contribution in [-0.4, -0.2) is 30.3 Å². The Kier molecular flexibility index (Phi) is 5.37. The van der Waals surface area contributed by atoms with Crippen LogP contribution in [0, 0.1) is 0 Å². The molecule has 0 saturated heterocycles. The number of rotatable bonds is 6. The Bertz CT molecular complexity index is 644. The lowest BCUT2D eigenvalue weighted by atomic mass is 10.2. The first-order valence-electron chi connectivity index (χ1n) is 6.71. The molecule has 0 heterocycles. The summed E-state index contributed by atoms with van der Waals surface area (Å²) in [5.41, 5.74) is 0.534. The number of para-hydroxylation sites is 1. The molecule has 0 atom stereocenters. The quantitative estimate of drug-likeness (QED) is 0.715. The highest BCUT2D eigenvalue weighted by Gasteiger charge is 2.05. The van der Waals surface area contributed by atoms with E-state index in [1.54, 1.807) is 12.1 Å². The summed E-state index contributed by atoms with van der Waals surface area (Å²) in [5.74, 6) is -0.306. The average molecular weight is 300 g/mol. The molecule has 2 aromatic rings. The van der Waals surface area contributed by atoms with E-state index in [9.17, 15) is 9.59 Å². The first-order chi connectivity index (χ1) is 10.6. The number of nitrogens with one attached hydrogen (secondary N) is 2. The fraction of sp³-hybridized carbons (Fsp3) is 0.125. The standard InChI is InChI=1S/C16H16N2O4/c19-15(20)12-5-4-6-13(11-12)18-16(21)17-9-10-22-14-7-2-1-3-8-14/h1-8,11H,9-10H2,(H,19,20)(H2,17,18,21). The van der Waals surface area contributed by atoms with Crippen molar-refractivity contribution in [3.8, 4) is 5.75 Å². The summed E-state index contributed by atoms with van der Waals surface area (Å²) < 4.78 is 5.44. The maximum Gasteiger partial charge on any atom is 0.335 e. The van der Waals surface area contributed by atoms with Crippen LogP contribution in [0.2, 0.25) is 0 Å². The molecule has 114 valence electrons. The molecule has 0 saturated carbocycles. The number of carbonyl (C=O) groups excluding carboxylic acids is 1. The van der Waals surface area contributed by atoms with Gasteiger partial charge in [0.25, 0.3) is 0 Å². The second kappa shape index (κ2) is 7.68. The number of benzene rings is 2. The lowest BCUT2D eigenvalue weighted by Gasteiger charge is -2.09. The Labute approximate surface area is 127 Å². The van der Waals surface area contributed by atoms with Gasteiger partial charge in [-0.2, -0.15) is 0 Å². The molecule has 2 aromatic carbocycles. The molecule has 0 aliphatic carbocycles. The minimum Gasteiger partial charge on any atom is -0.492 e. The fourth-order valence-corrected chi connectivity index (χ4v) is 1.76. The van der Waals surface area contributed by atoms with Gasteiger partial charge in [-0.1, -0.05) is 24.3 Å². The summed E-state index contributed by atoms with van der Waals surface area (Å²) in [6, 6.07) is 14.9. The molecule has 0 aliphatic heterocycles. The smallest absolute Gasteiger partial charge is 0.335 e. The maximum absolute atomic E-state index is 11.7. The van der Waals surface area contributed by atoms with Crippen LogP contribution in [0.1, 0.15) is 10.4 Å². The monoisotopic (exact) mass is 300 g/mol.